The highest BCUT2D eigenvalue weighted by molar-refractivity contribution is 7.98. The molecule has 0 fully saturated rings. The van der Waals surface area contributed by atoms with Crippen molar-refractivity contribution in [1.82, 2.24) is 20.1 Å². The number of hydrogen-bond acceptors (Lipinski definition) is 4. The van der Waals surface area contributed by atoms with E-state index in [1.165, 1.54) is 41.6 Å². The van der Waals surface area contributed by atoms with Gasteiger partial charge in [0.25, 0.3) is 5.91 Å². The van der Waals surface area contributed by atoms with Gasteiger partial charge in [-0.1, -0.05) is 64.8 Å². The molecule has 0 aliphatic carbocycles. The maximum Gasteiger partial charge on any atom is 0.251 e. The Bertz CT molecular complexity index is 1330. The minimum absolute atomic E-state index is 0.345. The second kappa shape index (κ2) is 10.6. The highest BCUT2D eigenvalue weighted by Gasteiger charge is 2.23. The van der Waals surface area contributed by atoms with Crippen molar-refractivity contribution >= 4 is 40.9 Å². The van der Waals surface area contributed by atoms with E-state index in [1.807, 2.05) is 23.6 Å². The van der Waals surface area contributed by atoms with Gasteiger partial charge in [-0.2, -0.15) is 0 Å². The molecule has 3 aromatic carbocycles. The molecule has 1 N–H and O–H groups in total. The molecule has 0 bridgehead atoms. The van der Waals surface area contributed by atoms with E-state index in [0.717, 1.165) is 5.56 Å². The fourth-order valence-electron chi connectivity index (χ4n) is 3.44. The summed E-state index contributed by atoms with van der Waals surface area (Å²) in [5, 5.41) is 13.2. The monoisotopic (exact) mass is 514 g/mol. The zero-order chi connectivity index (χ0) is 24.2. The maximum absolute atomic E-state index is 13.2. The maximum atomic E-state index is 13.2. The van der Waals surface area contributed by atoms with E-state index in [0.29, 0.717) is 38.0 Å². The summed E-state index contributed by atoms with van der Waals surface area (Å²) in [6.07, 6.45) is 0. The van der Waals surface area contributed by atoms with E-state index >= 15 is 0 Å². The fraction of sp³-hybridized carbons (Fsp3) is 0.160. The van der Waals surface area contributed by atoms with Crippen LogP contribution in [0.15, 0.2) is 71.9 Å². The molecule has 0 saturated heterocycles. The predicted molar refractivity (Wildman–Crippen MR) is 134 cm³/mol. The first-order valence-electron chi connectivity index (χ1n) is 10.5. The number of benzene rings is 3. The summed E-state index contributed by atoms with van der Waals surface area (Å²) < 4.78 is 15.1. The molecule has 1 amide bonds. The number of aromatic nitrogens is 3. The normalized spacial score (nSPS) is 11.9. The van der Waals surface area contributed by atoms with Crippen LogP contribution in [0, 0.1) is 12.7 Å². The number of carbonyl (C=O) groups excluding carboxylic acids is 1. The molecular weight excluding hydrogens is 494 g/mol. The zero-order valence-electron chi connectivity index (χ0n) is 18.4. The third-order valence-corrected chi connectivity index (χ3v) is 6.64. The Morgan fingerprint density at radius 2 is 1.85 bits per heavy atom. The number of amides is 1. The molecule has 174 valence electrons. The van der Waals surface area contributed by atoms with E-state index in [4.69, 9.17) is 23.2 Å². The van der Waals surface area contributed by atoms with Gasteiger partial charge < -0.3 is 5.32 Å². The molecular formula is C25H21Cl2FN4OS. The van der Waals surface area contributed by atoms with Crippen LogP contribution in [0.5, 0.6) is 0 Å². The van der Waals surface area contributed by atoms with Gasteiger partial charge in [0.15, 0.2) is 11.0 Å². The number of halogens is 3. The molecule has 1 heterocycles. The summed E-state index contributed by atoms with van der Waals surface area (Å²) in [7, 11) is 0. The highest BCUT2D eigenvalue weighted by Crippen LogP contribution is 2.32. The molecule has 0 aliphatic rings. The van der Waals surface area contributed by atoms with Crippen molar-refractivity contribution in [2.75, 3.05) is 0 Å². The summed E-state index contributed by atoms with van der Waals surface area (Å²) in [5.74, 6) is 0.433. The van der Waals surface area contributed by atoms with Crippen molar-refractivity contribution in [1.29, 1.82) is 0 Å². The van der Waals surface area contributed by atoms with Crippen LogP contribution >= 0.6 is 35.0 Å². The predicted octanol–water partition coefficient (Wildman–Crippen LogP) is 6.80. The van der Waals surface area contributed by atoms with E-state index in [2.05, 4.69) is 27.6 Å². The lowest BCUT2D eigenvalue weighted by atomic mass is 10.2. The van der Waals surface area contributed by atoms with Gasteiger partial charge in [0.1, 0.15) is 5.82 Å². The second-order valence-electron chi connectivity index (χ2n) is 7.75. The smallest absolute Gasteiger partial charge is 0.251 e. The molecule has 4 rings (SSSR count). The molecule has 1 aromatic heterocycles. The molecule has 0 saturated carbocycles. The van der Waals surface area contributed by atoms with Gasteiger partial charge in [-0.05, 0) is 61.9 Å². The quantitative estimate of drug-likeness (QED) is 0.275. The largest absolute Gasteiger partial charge is 0.342 e. The number of nitrogens with zero attached hydrogens (tertiary/aromatic N) is 3. The van der Waals surface area contributed by atoms with Crippen molar-refractivity contribution in [3.63, 3.8) is 0 Å². The van der Waals surface area contributed by atoms with Crippen LogP contribution in [0.4, 0.5) is 4.39 Å². The van der Waals surface area contributed by atoms with Crippen molar-refractivity contribution in [3.05, 3.63) is 105 Å². The lowest BCUT2D eigenvalue weighted by Crippen LogP contribution is -2.28. The van der Waals surface area contributed by atoms with Gasteiger partial charge in [0, 0.05) is 16.3 Å². The molecule has 5 nitrogen and oxygen atoms in total. The molecule has 4 aromatic rings. The average molecular weight is 515 g/mol. The Hall–Kier alpha value is -2.87. The van der Waals surface area contributed by atoms with E-state index < -0.39 is 11.9 Å². The van der Waals surface area contributed by atoms with E-state index in [1.54, 1.807) is 25.1 Å². The summed E-state index contributed by atoms with van der Waals surface area (Å²) >= 11 is 14.2. The van der Waals surface area contributed by atoms with Gasteiger partial charge >= 0.3 is 0 Å². The Labute approximate surface area is 211 Å². The third-order valence-electron chi connectivity index (χ3n) is 5.10. The lowest BCUT2D eigenvalue weighted by Gasteiger charge is -2.17. The zero-order valence-corrected chi connectivity index (χ0v) is 20.8. The highest BCUT2D eigenvalue weighted by atomic mass is 35.5. The molecule has 0 radical (unpaired) electrons. The Morgan fingerprint density at radius 3 is 2.56 bits per heavy atom. The fourth-order valence-corrected chi connectivity index (χ4v) is 4.83. The number of thioether (sulfide) groups is 1. The molecule has 0 spiro atoms. The third kappa shape index (κ3) is 5.60. The van der Waals surface area contributed by atoms with Crippen LogP contribution in [-0.4, -0.2) is 20.7 Å². The molecule has 1 unspecified atom stereocenters. The first-order valence-corrected chi connectivity index (χ1v) is 12.2. The number of rotatable bonds is 7. The average Bonchev–Trinajstić information content (AvgIpc) is 3.22. The van der Waals surface area contributed by atoms with Crippen molar-refractivity contribution in [2.45, 2.75) is 30.8 Å². The molecule has 0 aliphatic heterocycles. The summed E-state index contributed by atoms with van der Waals surface area (Å²) in [6.45, 7) is 3.86. The van der Waals surface area contributed by atoms with Crippen LogP contribution in [0.25, 0.3) is 5.69 Å². The molecule has 1 atom stereocenters. The SMILES string of the molecule is Cc1cccc(CSc2nnc(C(C)NC(=O)c3ccc(F)cc3)n2-c2ccc(Cl)cc2Cl)c1. The number of nitrogens with one attached hydrogen (secondary N) is 1. The van der Waals surface area contributed by atoms with Gasteiger partial charge in [-0.3, -0.25) is 9.36 Å². The van der Waals surface area contributed by atoms with Gasteiger partial charge in [0.2, 0.25) is 0 Å². The standard InChI is InChI=1S/C25H21Cl2FN4OS/c1-15-4-3-5-17(12-15)14-34-25-31-30-23(32(25)22-11-8-19(26)13-21(22)27)16(2)29-24(33)18-6-9-20(28)10-7-18/h3-13,16H,14H2,1-2H3,(H,29,33). The van der Waals surface area contributed by atoms with Gasteiger partial charge in [0.05, 0.1) is 16.8 Å². The first kappa shape index (κ1) is 24.3. The van der Waals surface area contributed by atoms with Crippen molar-refractivity contribution in [2.24, 2.45) is 0 Å². The van der Waals surface area contributed by atoms with Crippen molar-refractivity contribution < 1.29 is 9.18 Å². The van der Waals surface area contributed by atoms with Crippen molar-refractivity contribution in [3.8, 4) is 5.69 Å². The lowest BCUT2D eigenvalue weighted by molar-refractivity contribution is 0.0938. The Balaban J connectivity index is 1.65. The number of hydrogen-bond donors (Lipinski definition) is 1. The van der Waals surface area contributed by atoms with E-state index in [9.17, 15) is 9.18 Å². The summed E-state index contributed by atoms with van der Waals surface area (Å²) in [5.41, 5.74) is 3.33. The van der Waals surface area contributed by atoms with Crippen LogP contribution < -0.4 is 5.32 Å². The second-order valence-corrected chi connectivity index (χ2v) is 9.54. The van der Waals surface area contributed by atoms with Gasteiger partial charge in [-0.15, -0.1) is 10.2 Å². The Morgan fingerprint density at radius 1 is 1.09 bits per heavy atom. The minimum atomic E-state index is -0.509. The number of carbonyl (C=O) groups is 1. The van der Waals surface area contributed by atoms with E-state index in [-0.39, 0.29) is 5.91 Å². The van der Waals surface area contributed by atoms with Crippen LogP contribution in [0.2, 0.25) is 10.0 Å². The van der Waals surface area contributed by atoms with Crippen LogP contribution in [0.1, 0.15) is 40.3 Å². The van der Waals surface area contributed by atoms with Crippen LogP contribution in [-0.2, 0) is 5.75 Å². The Kier molecular flexibility index (Phi) is 7.56. The summed E-state index contributed by atoms with van der Waals surface area (Å²) in [6, 6.07) is 18.3. The molecule has 9 heteroatoms. The number of aryl methyl sites for hydroxylation is 1. The van der Waals surface area contributed by atoms with Crippen LogP contribution in [0.3, 0.4) is 0 Å². The van der Waals surface area contributed by atoms with Gasteiger partial charge in [-0.25, -0.2) is 4.39 Å². The topological polar surface area (TPSA) is 59.8 Å². The molecule has 34 heavy (non-hydrogen) atoms. The minimum Gasteiger partial charge on any atom is -0.342 e. The summed E-state index contributed by atoms with van der Waals surface area (Å²) in [4.78, 5) is 12.7. The first-order chi connectivity index (χ1) is 16.3.